The Kier molecular flexibility index (Phi) is 7.20. The number of carbonyl (C=O) groups is 3. The van der Waals surface area contributed by atoms with Crippen molar-refractivity contribution in [3.63, 3.8) is 0 Å². The summed E-state index contributed by atoms with van der Waals surface area (Å²) in [5.74, 6) is -0.768. The second-order valence-corrected chi connectivity index (χ2v) is 10.7. The van der Waals surface area contributed by atoms with Gasteiger partial charge in [-0.3, -0.25) is 9.59 Å². The first-order valence-electron chi connectivity index (χ1n) is 11.2. The maximum absolute atomic E-state index is 13.1. The number of hydrogen-bond acceptors (Lipinski definition) is 6. The molecule has 0 saturated heterocycles. The van der Waals surface area contributed by atoms with Gasteiger partial charge in [0.15, 0.2) is 0 Å². The number of para-hydroxylation sites is 1. The molecule has 0 bridgehead atoms. The molecule has 2 amide bonds. The van der Waals surface area contributed by atoms with Crippen LogP contribution in [0.25, 0.3) is 0 Å². The standard InChI is InChI=1S/C24H28N2O4S2/c1-3-30-24(29)22-16-9-5-4-6-11-18(16)32-23(22)25-20(27)14-26-17-10-7-8-12-19(17)31-15(2)13-21(26)28/h7-8,10,12,15H,3-6,9,11,13-14H2,1-2H3,(H,25,27). The summed E-state index contributed by atoms with van der Waals surface area (Å²) in [5.41, 5.74) is 2.27. The Morgan fingerprint density at radius 3 is 2.78 bits per heavy atom. The average molecular weight is 473 g/mol. The Labute approximate surface area is 196 Å². The summed E-state index contributed by atoms with van der Waals surface area (Å²) in [6, 6.07) is 7.68. The van der Waals surface area contributed by atoms with E-state index in [2.05, 4.69) is 5.32 Å². The van der Waals surface area contributed by atoms with E-state index in [1.54, 1.807) is 23.6 Å². The molecule has 1 atom stereocenters. The summed E-state index contributed by atoms with van der Waals surface area (Å²) >= 11 is 3.12. The summed E-state index contributed by atoms with van der Waals surface area (Å²) in [5, 5.41) is 3.62. The lowest BCUT2D eigenvalue weighted by atomic mass is 10.1. The fourth-order valence-electron chi connectivity index (χ4n) is 4.26. The minimum atomic E-state index is -0.386. The number of hydrogen-bond donors (Lipinski definition) is 1. The number of esters is 1. The topological polar surface area (TPSA) is 75.7 Å². The van der Waals surface area contributed by atoms with Crippen molar-refractivity contribution < 1.29 is 19.1 Å². The van der Waals surface area contributed by atoms with Crippen LogP contribution in [0.1, 0.15) is 60.3 Å². The molecule has 1 aromatic carbocycles. The maximum atomic E-state index is 13.1. The van der Waals surface area contributed by atoms with E-state index in [4.69, 9.17) is 4.74 Å². The lowest BCUT2D eigenvalue weighted by Crippen LogP contribution is -2.38. The SMILES string of the molecule is CCOC(=O)c1c(NC(=O)CN2C(=O)CC(C)Sc3ccccc32)sc2c1CCCCC2. The Hall–Kier alpha value is -2.32. The van der Waals surface area contributed by atoms with Crippen LogP contribution >= 0.6 is 23.1 Å². The van der Waals surface area contributed by atoms with E-state index in [9.17, 15) is 14.4 Å². The number of nitrogens with zero attached hydrogens (tertiary/aromatic N) is 1. The van der Waals surface area contributed by atoms with Crippen molar-refractivity contribution >= 4 is 51.6 Å². The van der Waals surface area contributed by atoms with Gasteiger partial charge in [-0.2, -0.15) is 0 Å². The maximum Gasteiger partial charge on any atom is 0.341 e. The smallest absolute Gasteiger partial charge is 0.341 e. The first-order valence-corrected chi connectivity index (χ1v) is 12.8. The number of anilines is 2. The molecule has 170 valence electrons. The van der Waals surface area contributed by atoms with Gasteiger partial charge in [0, 0.05) is 21.4 Å². The van der Waals surface area contributed by atoms with Crippen molar-refractivity contribution in [3.05, 3.63) is 40.3 Å². The van der Waals surface area contributed by atoms with E-state index in [1.807, 2.05) is 31.2 Å². The van der Waals surface area contributed by atoms with Gasteiger partial charge in [-0.15, -0.1) is 23.1 Å². The quantitative estimate of drug-likeness (QED) is 0.487. The molecule has 0 spiro atoms. The lowest BCUT2D eigenvalue weighted by molar-refractivity contribution is -0.121. The Morgan fingerprint density at radius 2 is 1.97 bits per heavy atom. The molecule has 0 fully saturated rings. The van der Waals surface area contributed by atoms with Gasteiger partial charge in [0.2, 0.25) is 11.8 Å². The highest BCUT2D eigenvalue weighted by Gasteiger charge is 2.30. The number of amides is 2. The molecular weight excluding hydrogens is 444 g/mol. The molecule has 1 unspecified atom stereocenters. The highest BCUT2D eigenvalue weighted by atomic mass is 32.2. The zero-order valence-corrected chi connectivity index (χ0v) is 20.1. The molecule has 0 saturated carbocycles. The number of fused-ring (bicyclic) bond motifs is 2. The van der Waals surface area contributed by atoms with Gasteiger partial charge in [0.05, 0.1) is 17.9 Å². The van der Waals surface area contributed by atoms with Gasteiger partial charge < -0.3 is 15.0 Å². The summed E-state index contributed by atoms with van der Waals surface area (Å²) in [6.07, 6.45) is 5.35. The third-order valence-corrected chi connectivity index (χ3v) is 8.08. The normalized spacial score (nSPS) is 18.2. The second-order valence-electron chi connectivity index (χ2n) is 8.12. The van der Waals surface area contributed by atoms with Crippen LogP contribution in [0.4, 0.5) is 10.7 Å². The second kappa shape index (κ2) is 10.1. The molecule has 32 heavy (non-hydrogen) atoms. The number of carbonyl (C=O) groups excluding carboxylic acids is 3. The molecule has 1 aliphatic heterocycles. The molecular formula is C24H28N2O4S2. The van der Waals surface area contributed by atoms with Crippen LogP contribution in [0.15, 0.2) is 29.2 Å². The Bertz CT molecular complexity index is 1030. The van der Waals surface area contributed by atoms with Crippen LogP contribution in [0.2, 0.25) is 0 Å². The number of rotatable bonds is 5. The largest absolute Gasteiger partial charge is 0.462 e. The minimum absolute atomic E-state index is 0.0716. The number of ether oxygens (including phenoxy) is 1. The summed E-state index contributed by atoms with van der Waals surface area (Å²) in [4.78, 5) is 42.4. The van der Waals surface area contributed by atoms with Crippen molar-refractivity contribution in [3.8, 4) is 0 Å². The number of thioether (sulfide) groups is 1. The van der Waals surface area contributed by atoms with Gasteiger partial charge >= 0.3 is 5.97 Å². The van der Waals surface area contributed by atoms with Crippen molar-refractivity contribution in [1.82, 2.24) is 0 Å². The molecule has 2 aromatic rings. The highest BCUT2D eigenvalue weighted by molar-refractivity contribution is 8.00. The van der Waals surface area contributed by atoms with Gasteiger partial charge in [-0.05, 0) is 50.3 Å². The van der Waals surface area contributed by atoms with Crippen molar-refractivity contribution in [1.29, 1.82) is 0 Å². The first-order chi connectivity index (χ1) is 15.5. The van der Waals surface area contributed by atoms with Crippen molar-refractivity contribution in [2.75, 3.05) is 23.4 Å². The molecule has 0 radical (unpaired) electrons. The molecule has 2 aliphatic rings. The molecule has 2 heterocycles. The van der Waals surface area contributed by atoms with Crippen molar-refractivity contribution in [2.24, 2.45) is 0 Å². The van der Waals surface area contributed by atoms with Crippen LogP contribution in [0, 0.1) is 0 Å². The van der Waals surface area contributed by atoms with Crippen molar-refractivity contribution in [2.45, 2.75) is 62.5 Å². The van der Waals surface area contributed by atoms with E-state index in [-0.39, 0.29) is 36.2 Å². The zero-order chi connectivity index (χ0) is 22.7. The van der Waals surface area contributed by atoms with Crippen LogP contribution in [0.3, 0.4) is 0 Å². The number of benzene rings is 1. The predicted octanol–water partition coefficient (Wildman–Crippen LogP) is 5.05. The zero-order valence-electron chi connectivity index (χ0n) is 18.4. The first kappa shape index (κ1) is 22.9. The highest BCUT2D eigenvalue weighted by Crippen LogP contribution is 2.39. The van der Waals surface area contributed by atoms with Crippen LogP contribution in [-0.4, -0.2) is 36.2 Å². The van der Waals surface area contributed by atoms with Crippen LogP contribution < -0.4 is 10.2 Å². The van der Waals surface area contributed by atoms with Gasteiger partial charge in [-0.25, -0.2) is 4.79 Å². The molecule has 1 aliphatic carbocycles. The average Bonchev–Trinajstić information content (AvgIpc) is 2.86. The van der Waals surface area contributed by atoms with Gasteiger partial charge in [0.1, 0.15) is 11.5 Å². The number of thiophene rings is 1. The Balaban J connectivity index is 1.59. The summed E-state index contributed by atoms with van der Waals surface area (Å²) in [6.45, 7) is 4.00. The van der Waals surface area contributed by atoms with Gasteiger partial charge in [0.25, 0.3) is 0 Å². The van der Waals surface area contributed by atoms with E-state index < -0.39 is 0 Å². The van der Waals surface area contributed by atoms with E-state index in [0.717, 1.165) is 53.1 Å². The third kappa shape index (κ3) is 4.86. The number of nitrogens with one attached hydrogen (secondary N) is 1. The molecule has 6 nitrogen and oxygen atoms in total. The van der Waals surface area contributed by atoms with Crippen LogP contribution in [0.5, 0.6) is 0 Å². The van der Waals surface area contributed by atoms with E-state index in [1.165, 1.54) is 11.3 Å². The van der Waals surface area contributed by atoms with E-state index in [0.29, 0.717) is 17.0 Å². The molecule has 8 heteroatoms. The lowest BCUT2D eigenvalue weighted by Gasteiger charge is -2.22. The Morgan fingerprint density at radius 1 is 1.19 bits per heavy atom. The third-order valence-electron chi connectivity index (χ3n) is 5.70. The van der Waals surface area contributed by atoms with Gasteiger partial charge in [-0.1, -0.05) is 25.5 Å². The number of aryl methyl sites for hydroxylation is 1. The minimum Gasteiger partial charge on any atom is -0.462 e. The fourth-order valence-corrected chi connectivity index (χ4v) is 6.67. The molecule has 1 N–H and O–H groups in total. The predicted molar refractivity (Wildman–Crippen MR) is 129 cm³/mol. The summed E-state index contributed by atoms with van der Waals surface area (Å²) in [7, 11) is 0. The van der Waals surface area contributed by atoms with E-state index >= 15 is 0 Å². The fraction of sp³-hybridized carbons (Fsp3) is 0.458. The monoisotopic (exact) mass is 472 g/mol. The van der Waals surface area contributed by atoms with Crippen LogP contribution in [-0.2, 0) is 27.2 Å². The molecule has 4 rings (SSSR count). The summed E-state index contributed by atoms with van der Waals surface area (Å²) < 4.78 is 5.31. The molecule has 1 aromatic heterocycles.